The lowest BCUT2D eigenvalue weighted by Crippen LogP contribution is -2.13. The second-order valence-electron chi connectivity index (χ2n) is 6.19. The largest absolute Gasteiger partial charge is 0.412 e. The van der Waals surface area contributed by atoms with E-state index in [1.165, 1.54) is 31.2 Å². The van der Waals surface area contributed by atoms with E-state index in [4.69, 9.17) is 6.42 Å². The van der Waals surface area contributed by atoms with Crippen LogP contribution in [0.3, 0.4) is 0 Å². The van der Waals surface area contributed by atoms with Gasteiger partial charge in [-0.05, 0) is 30.0 Å². The molecule has 1 unspecified atom stereocenters. The highest BCUT2D eigenvalue weighted by molar-refractivity contribution is 7.13. The molecule has 4 heteroatoms. The van der Waals surface area contributed by atoms with Crippen LogP contribution in [-0.2, 0) is 0 Å². The SMILES string of the molecule is C#Cc1ccc(C(CC2CCCC2)C(=C)Nc2nccs2)cc1.O.[HH]. The lowest BCUT2D eigenvalue weighted by atomic mass is 9.85. The van der Waals surface area contributed by atoms with E-state index in [1.807, 2.05) is 23.7 Å². The smallest absolute Gasteiger partial charge is 0.186 e. The molecular weight excluding hydrogens is 316 g/mol. The molecule has 1 aliphatic carbocycles. The minimum Gasteiger partial charge on any atom is -0.412 e. The molecule has 0 radical (unpaired) electrons. The predicted octanol–water partition coefficient (Wildman–Crippen LogP) is 4.84. The molecule has 1 aliphatic rings. The summed E-state index contributed by atoms with van der Waals surface area (Å²) >= 11 is 1.60. The Hall–Kier alpha value is -2.09. The number of hydrogen-bond acceptors (Lipinski definition) is 3. The third-order valence-corrected chi connectivity index (χ3v) is 5.33. The van der Waals surface area contributed by atoms with E-state index < -0.39 is 0 Å². The van der Waals surface area contributed by atoms with Gasteiger partial charge in [0.1, 0.15) is 0 Å². The molecule has 3 N–H and O–H groups in total. The highest BCUT2D eigenvalue weighted by Gasteiger charge is 2.23. The maximum atomic E-state index is 5.47. The Morgan fingerprint density at radius 2 is 2.08 bits per heavy atom. The van der Waals surface area contributed by atoms with Crippen molar-refractivity contribution in [2.75, 3.05) is 5.32 Å². The van der Waals surface area contributed by atoms with Gasteiger partial charge in [-0.3, -0.25) is 0 Å². The number of aromatic nitrogens is 1. The molecular formula is C20H26N2OS. The van der Waals surface area contributed by atoms with E-state index in [0.29, 0.717) is 5.92 Å². The van der Waals surface area contributed by atoms with Gasteiger partial charge in [0.15, 0.2) is 5.13 Å². The van der Waals surface area contributed by atoms with Crippen LogP contribution in [0.5, 0.6) is 0 Å². The van der Waals surface area contributed by atoms with Crippen LogP contribution >= 0.6 is 11.3 Å². The second kappa shape index (κ2) is 8.68. The van der Waals surface area contributed by atoms with Crippen LogP contribution in [0, 0.1) is 18.3 Å². The number of anilines is 1. The Balaban J connectivity index is 0.00000156. The molecule has 24 heavy (non-hydrogen) atoms. The zero-order chi connectivity index (χ0) is 16.1. The molecule has 0 aliphatic heterocycles. The van der Waals surface area contributed by atoms with Gasteiger partial charge in [-0.15, -0.1) is 17.8 Å². The highest BCUT2D eigenvalue weighted by Crippen LogP contribution is 2.37. The van der Waals surface area contributed by atoms with Crippen molar-refractivity contribution in [2.24, 2.45) is 5.92 Å². The molecule has 0 amide bonds. The molecule has 0 spiro atoms. The first-order valence-electron chi connectivity index (χ1n) is 8.18. The minimum atomic E-state index is 0. The number of nitrogens with one attached hydrogen (secondary N) is 1. The molecule has 1 aromatic carbocycles. The van der Waals surface area contributed by atoms with Crippen LogP contribution < -0.4 is 5.32 Å². The standard InChI is InChI=1S/C20H22N2S.H2O.H2/c1-3-16-8-10-18(11-9-16)19(14-17-6-4-5-7-17)15(2)22-20-21-12-13-23-20;;/h1,8-13,17,19H,2,4-7,14H2,(H,21,22);1H2;1H. The maximum Gasteiger partial charge on any atom is 0.186 e. The number of nitrogens with zero attached hydrogens (tertiary/aromatic N) is 1. The molecule has 1 saturated carbocycles. The van der Waals surface area contributed by atoms with Gasteiger partial charge in [0.25, 0.3) is 0 Å². The van der Waals surface area contributed by atoms with Crippen molar-refractivity contribution in [1.29, 1.82) is 0 Å². The molecule has 3 rings (SSSR count). The van der Waals surface area contributed by atoms with Gasteiger partial charge < -0.3 is 10.8 Å². The lowest BCUT2D eigenvalue weighted by molar-refractivity contribution is 0.471. The van der Waals surface area contributed by atoms with Gasteiger partial charge in [-0.25, -0.2) is 4.98 Å². The van der Waals surface area contributed by atoms with E-state index in [-0.39, 0.29) is 6.90 Å². The fraction of sp³-hybridized carbons (Fsp3) is 0.350. The summed E-state index contributed by atoms with van der Waals surface area (Å²) in [5.74, 6) is 3.78. The fourth-order valence-electron chi connectivity index (χ4n) is 3.38. The predicted molar refractivity (Wildman–Crippen MR) is 104 cm³/mol. The summed E-state index contributed by atoms with van der Waals surface area (Å²) in [5.41, 5.74) is 3.23. The van der Waals surface area contributed by atoms with Crippen molar-refractivity contribution < 1.29 is 6.90 Å². The second-order valence-corrected chi connectivity index (χ2v) is 7.09. The van der Waals surface area contributed by atoms with Crippen molar-refractivity contribution in [3.63, 3.8) is 0 Å². The van der Waals surface area contributed by atoms with Crippen molar-refractivity contribution in [3.8, 4) is 12.3 Å². The Morgan fingerprint density at radius 1 is 1.38 bits per heavy atom. The average Bonchev–Trinajstić information content (AvgIpc) is 3.26. The number of allylic oxidation sites excluding steroid dienone is 1. The quantitative estimate of drug-likeness (QED) is 0.764. The first-order valence-corrected chi connectivity index (χ1v) is 9.06. The third-order valence-electron chi connectivity index (χ3n) is 4.64. The Labute approximate surface area is 149 Å². The zero-order valence-electron chi connectivity index (χ0n) is 13.8. The minimum absolute atomic E-state index is 0. The Kier molecular flexibility index (Phi) is 6.60. The molecule has 128 valence electrons. The van der Waals surface area contributed by atoms with Crippen molar-refractivity contribution >= 4 is 16.5 Å². The number of thiazole rings is 1. The van der Waals surface area contributed by atoms with Crippen LogP contribution in [0.1, 0.15) is 50.6 Å². The van der Waals surface area contributed by atoms with E-state index in [0.717, 1.165) is 28.7 Å². The first-order chi connectivity index (χ1) is 11.3. The molecule has 0 saturated heterocycles. The lowest BCUT2D eigenvalue weighted by Gasteiger charge is -2.24. The van der Waals surface area contributed by atoms with E-state index in [1.54, 1.807) is 11.3 Å². The van der Waals surface area contributed by atoms with Gasteiger partial charge in [0.2, 0.25) is 0 Å². The average molecular weight is 343 g/mol. The van der Waals surface area contributed by atoms with Crippen LogP contribution in [0.25, 0.3) is 0 Å². The zero-order valence-corrected chi connectivity index (χ0v) is 14.6. The monoisotopic (exact) mass is 342 g/mol. The van der Waals surface area contributed by atoms with Gasteiger partial charge in [0, 0.05) is 30.2 Å². The Bertz CT molecular complexity index is 685. The molecule has 1 heterocycles. The number of hydrogen-bond donors (Lipinski definition) is 1. The number of rotatable bonds is 6. The maximum absolute atomic E-state index is 5.47. The summed E-state index contributed by atoms with van der Waals surface area (Å²) in [6, 6.07) is 8.33. The van der Waals surface area contributed by atoms with Gasteiger partial charge in [-0.1, -0.05) is 50.3 Å². The normalized spacial score (nSPS) is 15.3. The fourth-order valence-corrected chi connectivity index (χ4v) is 3.94. The Morgan fingerprint density at radius 3 is 2.67 bits per heavy atom. The summed E-state index contributed by atoms with van der Waals surface area (Å²) in [6.07, 6.45) is 13.8. The van der Waals surface area contributed by atoms with Gasteiger partial charge >= 0.3 is 0 Å². The summed E-state index contributed by atoms with van der Waals surface area (Å²) in [7, 11) is 0. The van der Waals surface area contributed by atoms with E-state index >= 15 is 0 Å². The number of benzene rings is 1. The van der Waals surface area contributed by atoms with Crippen LogP contribution in [-0.4, -0.2) is 10.5 Å². The first kappa shape index (κ1) is 18.3. The van der Waals surface area contributed by atoms with E-state index in [9.17, 15) is 0 Å². The molecule has 1 aromatic heterocycles. The van der Waals surface area contributed by atoms with Crippen molar-refractivity contribution in [3.05, 3.63) is 59.2 Å². The molecule has 1 atom stereocenters. The summed E-state index contributed by atoms with van der Waals surface area (Å²) in [5, 5.41) is 6.28. The van der Waals surface area contributed by atoms with E-state index in [2.05, 4.69) is 34.9 Å². The van der Waals surface area contributed by atoms with Crippen molar-refractivity contribution in [1.82, 2.24) is 4.98 Å². The molecule has 2 aromatic rings. The molecule has 0 bridgehead atoms. The van der Waals surface area contributed by atoms with Crippen LogP contribution in [0.15, 0.2) is 48.1 Å². The summed E-state index contributed by atoms with van der Waals surface area (Å²) in [4.78, 5) is 4.31. The summed E-state index contributed by atoms with van der Waals surface area (Å²) < 4.78 is 0. The van der Waals surface area contributed by atoms with Crippen LogP contribution in [0.2, 0.25) is 0 Å². The third kappa shape index (κ3) is 4.47. The molecule has 1 fully saturated rings. The van der Waals surface area contributed by atoms with Crippen molar-refractivity contribution in [2.45, 2.75) is 38.0 Å². The highest BCUT2D eigenvalue weighted by atomic mass is 32.1. The van der Waals surface area contributed by atoms with Crippen LogP contribution in [0.4, 0.5) is 5.13 Å². The van der Waals surface area contributed by atoms with Gasteiger partial charge in [-0.2, -0.15) is 0 Å². The topological polar surface area (TPSA) is 56.4 Å². The van der Waals surface area contributed by atoms with Gasteiger partial charge in [0.05, 0.1) is 0 Å². The number of terminal acetylenes is 1. The summed E-state index contributed by atoms with van der Waals surface area (Å²) in [6.45, 7) is 4.31. The molecule has 3 nitrogen and oxygen atoms in total.